The van der Waals surface area contributed by atoms with Gasteiger partial charge in [0, 0.05) is 25.5 Å². The molecule has 2 aromatic rings. The van der Waals surface area contributed by atoms with Crippen molar-refractivity contribution < 1.29 is 0 Å². The van der Waals surface area contributed by atoms with Gasteiger partial charge in [-0.25, -0.2) is 0 Å². The first-order chi connectivity index (χ1) is 7.16. The molecule has 0 radical (unpaired) electrons. The van der Waals surface area contributed by atoms with Crippen LogP contribution in [-0.4, -0.2) is 19.3 Å². The molecule has 0 aliphatic carbocycles. The zero-order valence-corrected chi connectivity index (χ0v) is 8.96. The van der Waals surface area contributed by atoms with Crippen LogP contribution in [0.5, 0.6) is 0 Å². The van der Waals surface area contributed by atoms with E-state index in [1.54, 1.807) is 6.33 Å². The molecule has 2 N–H and O–H groups in total. The molecule has 0 aromatic carbocycles. The molecule has 0 aliphatic heterocycles. The highest BCUT2D eigenvalue weighted by atomic mass is 15.3. The molecule has 1 atom stereocenters. The standard InChI is InChI=1S/C10H15N5/c1-8(11)9-3-4-15(5-9)6-10-13-12-7-14(10)2/h3-5,7-8H,6,11H2,1-2H3. The average molecular weight is 205 g/mol. The Hall–Kier alpha value is -1.62. The van der Waals surface area contributed by atoms with Gasteiger partial charge in [0.25, 0.3) is 0 Å². The predicted molar refractivity (Wildman–Crippen MR) is 57.1 cm³/mol. The van der Waals surface area contributed by atoms with Crippen molar-refractivity contribution in [2.24, 2.45) is 12.8 Å². The average Bonchev–Trinajstić information content (AvgIpc) is 2.77. The summed E-state index contributed by atoms with van der Waals surface area (Å²) in [5.41, 5.74) is 6.92. The lowest BCUT2D eigenvalue weighted by Crippen LogP contribution is -2.05. The summed E-state index contributed by atoms with van der Waals surface area (Å²) in [6.07, 6.45) is 5.75. The number of aryl methyl sites for hydroxylation is 1. The molecule has 5 nitrogen and oxygen atoms in total. The molecule has 2 heterocycles. The SMILES string of the molecule is CC(N)c1ccn(Cc2nncn2C)c1. The molecule has 5 heteroatoms. The highest BCUT2D eigenvalue weighted by Gasteiger charge is 2.04. The number of nitrogens with zero attached hydrogens (tertiary/aromatic N) is 4. The third-order valence-electron chi connectivity index (χ3n) is 2.43. The maximum absolute atomic E-state index is 5.78. The van der Waals surface area contributed by atoms with Gasteiger partial charge < -0.3 is 14.9 Å². The molecule has 0 fully saturated rings. The lowest BCUT2D eigenvalue weighted by Gasteiger charge is -2.02. The minimum absolute atomic E-state index is 0.0748. The van der Waals surface area contributed by atoms with E-state index < -0.39 is 0 Å². The summed E-state index contributed by atoms with van der Waals surface area (Å²) in [5, 5.41) is 7.86. The maximum Gasteiger partial charge on any atom is 0.152 e. The fourth-order valence-electron chi connectivity index (χ4n) is 1.44. The fourth-order valence-corrected chi connectivity index (χ4v) is 1.44. The molecular weight excluding hydrogens is 190 g/mol. The summed E-state index contributed by atoms with van der Waals surface area (Å²) in [6, 6.07) is 2.10. The molecule has 0 saturated carbocycles. The zero-order valence-electron chi connectivity index (χ0n) is 8.96. The Morgan fingerprint density at radius 1 is 1.53 bits per heavy atom. The molecule has 0 saturated heterocycles. The van der Waals surface area contributed by atoms with Crippen molar-refractivity contribution in [3.05, 3.63) is 36.2 Å². The van der Waals surface area contributed by atoms with E-state index in [4.69, 9.17) is 5.73 Å². The van der Waals surface area contributed by atoms with Gasteiger partial charge in [-0.15, -0.1) is 10.2 Å². The van der Waals surface area contributed by atoms with Crippen molar-refractivity contribution >= 4 is 0 Å². The molecular formula is C10H15N5. The van der Waals surface area contributed by atoms with Crippen molar-refractivity contribution in [1.29, 1.82) is 0 Å². The van der Waals surface area contributed by atoms with Gasteiger partial charge in [0.1, 0.15) is 6.33 Å². The lowest BCUT2D eigenvalue weighted by atomic mass is 10.2. The van der Waals surface area contributed by atoms with Crippen molar-refractivity contribution in [2.45, 2.75) is 19.5 Å². The molecule has 2 aromatic heterocycles. The highest BCUT2D eigenvalue weighted by molar-refractivity contribution is 5.14. The van der Waals surface area contributed by atoms with Crippen LogP contribution in [0.25, 0.3) is 0 Å². The number of rotatable bonds is 3. The Bertz CT molecular complexity index is 440. The van der Waals surface area contributed by atoms with E-state index in [0.29, 0.717) is 0 Å². The molecule has 0 spiro atoms. The zero-order chi connectivity index (χ0) is 10.8. The summed E-state index contributed by atoms with van der Waals surface area (Å²) in [7, 11) is 1.94. The highest BCUT2D eigenvalue weighted by Crippen LogP contribution is 2.10. The third-order valence-corrected chi connectivity index (χ3v) is 2.43. The van der Waals surface area contributed by atoms with Crippen molar-refractivity contribution in [3.63, 3.8) is 0 Å². The minimum atomic E-state index is 0.0748. The molecule has 15 heavy (non-hydrogen) atoms. The molecule has 80 valence electrons. The Labute approximate surface area is 88.5 Å². The summed E-state index contributed by atoms with van der Waals surface area (Å²) in [6.45, 7) is 2.70. The number of hydrogen-bond acceptors (Lipinski definition) is 3. The van der Waals surface area contributed by atoms with Crippen molar-refractivity contribution in [3.8, 4) is 0 Å². The first-order valence-electron chi connectivity index (χ1n) is 4.91. The Balaban J connectivity index is 2.15. The monoisotopic (exact) mass is 205 g/mol. The van der Waals surface area contributed by atoms with Crippen LogP contribution >= 0.6 is 0 Å². The van der Waals surface area contributed by atoms with Gasteiger partial charge >= 0.3 is 0 Å². The van der Waals surface area contributed by atoms with Crippen molar-refractivity contribution in [1.82, 2.24) is 19.3 Å². The van der Waals surface area contributed by atoms with Gasteiger partial charge in [0.15, 0.2) is 5.82 Å². The van der Waals surface area contributed by atoms with E-state index >= 15 is 0 Å². The molecule has 0 aliphatic rings. The minimum Gasteiger partial charge on any atom is -0.346 e. The smallest absolute Gasteiger partial charge is 0.152 e. The molecule has 0 bridgehead atoms. The summed E-state index contributed by atoms with van der Waals surface area (Å²) >= 11 is 0. The van der Waals surface area contributed by atoms with E-state index in [-0.39, 0.29) is 6.04 Å². The summed E-state index contributed by atoms with van der Waals surface area (Å²) < 4.78 is 3.97. The van der Waals surface area contributed by atoms with Gasteiger partial charge in [-0.1, -0.05) is 0 Å². The third kappa shape index (κ3) is 2.07. The van der Waals surface area contributed by atoms with Crippen LogP contribution in [0.15, 0.2) is 24.8 Å². The second kappa shape index (κ2) is 3.86. The van der Waals surface area contributed by atoms with E-state index in [2.05, 4.69) is 14.8 Å². The Morgan fingerprint density at radius 2 is 2.33 bits per heavy atom. The largest absolute Gasteiger partial charge is 0.346 e. The number of aromatic nitrogens is 4. The van der Waals surface area contributed by atoms with Crippen LogP contribution in [0.2, 0.25) is 0 Å². The summed E-state index contributed by atoms with van der Waals surface area (Å²) in [5.74, 6) is 0.932. The Kier molecular flexibility index (Phi) is 2.55. The number of nitrogens with two attached hydrogens (primary N) is 1. The van der Waals surface area contributed by atoms with Crippen molar-refractivity contribution in [2.75, 3.05) is 0 Å². The van der Waals surface area contributed by atoms with Crippen LogP contribution in [-0.2, 0) is 13.6 Å². The Morgan fingerprint density at radius 3 is 2.87 bits per heavy atom. The van der Waals surface area contributed by atoms with Gasteiger partial charge in [0.2, 0.25) is 0 Å². The number of hydrogen-bond donors (Lipinski definition) is 1. The predicted octanol–water partition coefficient (Wildman–Crippen LogP) is 0.685. The lowest BCUT2D eigenvalue weighted by molar-refractivity contribution is 0.696. The van der Waals surface area contributed by atoms with Crippen LogP contribution in [0.1, 0.15) is 24.4 Å². The normalized spacial score (nSPS) is 13.0. The van der Waals surface area contributed by atoms with E-state index in [1.807, 2.05) is 37.0 Å². The first-order valence-corrected chi connectivity index (χ1v) is 4.91. The second-order valence-corrected chi connectivity index (χ2v) is 3.76. The molecule has 0 amide bonds. The fraction of sp³-hybridized carbons (Fsp3) is 0.400. The second-order valence-electron chi connectivity index (χ2n) is 3.76. The van der Waals surface area contributed by atoms with E-state index in [9.17, 15) is 0 Å². The molecule has 2 rings (SSSR count). The topological polar surface area (TPSA) is 61.7 Å². The van der Waals surface area contributed by atoms with E-state index in [1.165, 1.54) is 0 Å². The van der Waals surface area contributed by atoms with Crippen LogP contribution in [0.4, 0.5) is 0 Å². The van der Waals surface area contributed by atoms with E-state index in [0.717, 1.165) is 17.9 Å². The maximum atomic E-state index is 5.78. The quantitative estimate of drug-likeness (QED) is 0.801. The van der Waals surface area contributed by atoms with Gasteiger partial charge in [-0.05, 0) is 18.6 Å². The molecule has 1 unspecified atom stereocenters. The van der Waals surface area contributed by atoms with Crippen LogP contribution < -0.4 is 5.73 Å². The van der Waals surface area contributed by atoms with Gasteiger partial charge in [-0.2, -0.15) is 0 Å². The van der Waals surface area contributed by atoms with Gasteiger partial charge in [0.05, 0.1) is 6.54 Å². The van der Waals surface area contributed by atoms with Crippen LogP contribution in [0, 0.1) is 0 Å². The first kappa shape index (κ1) is 9.92. The van der Waals surface area contributed by atoms with Gasteiger partial charge in [-0.3, -0.25) is 0 Å². The van der Waals surface area contributed by atoms with Crippen LogP contribution in [0.3, 0.4) is 0 Å². The summed E-state index contributed by atoms with van der Waals surface area (Å²) in [4.78, 5) is 0.